The third-order valence-corrected chi connectivity index (χ3v) is 2.83. The summed E-state index contributed by atoms with van der Waals surface area (Å²) in [5.74, 6) is 0.00967. The molecule has 0 aromatic rings. The van der Waals surface area contributed by atoms with Gasteiger partial charge < -0.3 is 10.4 Å². The molecule has 4 heteroatoms. The molecule has 0 aliphatic rings. The predicted octanol–water partition coefficient (Wildman–Crippen LogP) is 3.25. The van der Waals surface area contributed by atoms with Crippen molar-refractivity contribution in [2.45, 2.75) is 44.8 Å². The highest BCUT2D eigenvalue weighted by atomic mass is 16.3. The Morgan fingerprint density at radius 1 is 0.909 bits per heavy atom. The summed E-state index contributed by atoms with van der Waals surface area (Å²) >= 11 is 0. The Morgan fingerprint density at radius 3 is 2.00 bits per heavy atom. The molecule has 1 amide bonds. The number of carbonyl (C=O) groups is 1. The fourth-order valence-corrected chi connectivity index (χ4v) is 1.69. The van der Waals surface area contributed by atoms with Crippen LogP contribution in [-0.4, -0.2) is 32.0 Å². The quantitative estimate of drug-likeness (QED) is 0.312. The molecule has 0 unspecified atom stereocenters. The maximum absolute atomic E-state index is 11.2. The molecule has 0 atom stereocenters. The summed E-state index contributed by atoms with van der Waals surface area (Å²) in [7, 11) is 5.34. The summed E-state index contributed by atoms with van der Waals surface area (Å²) in [6.07, 6.45) is 22.5. The molecule has 120 valence electrons. The Morgan fingerprint density at radius 2 is 1.45 bits per heavy atom. The second-order valence-corrected chi connectivity index (χ2v) is 4.79. The van der Waals surface area contributed by atoms with Gasteiger partial charge in [-0.25, -0.2) is 0 Å². The van der Waals surface area contributed by atoms with E-state index in [9.17, 15) is 4.79 Å². The van der Waals surface area contributed by atoms with Crippen molar-refractivity contribution < 1.29 is 9.90 Å². The lowest BCUT2D eigenvalue weighted by Gasteiger charge is -2.00. The van der Waals surface area contributed by atoms with Gasteiger partial charge in [-0.1, -0.05) is 54.9 Å². The Labute approximate surface area is 136 Å². The molecule has 0 rings (SSSR count). The molecule has 2 N–H and O–H groups in total. The molecule has 0 saturated carbocycles. The number of hydrogen-bond acceptors (Lipinski definition) is 2. The minimum Gasteiger partial charge on any atom is -0.395 e. The Balaban J connectivity index is 3.44. The summed E-state index contributed by atoms with van der Waals surface area (Å²) in [5.41, 5.74) is 0. The molecule has 0 bridgehead atoms. The molecule has 22 heavy (non-hydrogen) atoms. The van der Waals surface area contributed by atoms with Crippen LogP contribution in [-0.2, 0) is 4.79 Å². The van der Waals surface area contributed by atoms with Crippen LogP contribution < -0.4 is 5.32 Å². The van der Waals surface area contributed by atoms with Gasteiger partial charge in [0.2, 0.25) is 5.91 Å². The van der Waals surface area contributed by atoms with E-state index >= 15 is 0 Å². The minimum atomic E-state index is -0.00241. The van der Waals surface area contributed by atoms with Gasteiger partial charge >= 0.3 is 0 Å². The van der Waals surface area contributed by atoms with Crippen LogP contribution in [0.1, 0.15) is 38.5 Å². The van der Waals surface area contributed by atoms with E-state index in [-0.39, 0.29) is 12.5 Å². The highest BCUT2D eigenvalue weighted by molar-refractivity contribution is 6.09. The molecule has 0 fully saturated rings. The first kappa shape index (κ1) is 20.5. The average Bonchev–Trinajstić information content (AvgIpc) is 2.53. The number of amides is 1. The molecule has 0 heterocycles. The van der Waals surface area contributed by atoms with Gasteiger partial charge in [0.1, 0.15) is 0 Å². The van der Waals surface area contributed by atoms with Crippen molar-refractivity contribution in [1.82, 2.24) is 5.32 Å². The normalized spacial score (nSPS) is 12.2. The average molecular weight is 301 g/mol. The van der Waals surface area contributed by atoms with Crippen LogP contribution in [0.4, 0.5) is 0 Å². The van der Waals surface area contributed by atoms with Gasteiger partial charge in [-0.2, -0.15) is 0 Å². The molecule has 0 aliphatic carbocycles. The van der Waals surface area contributed by atoms with Crippen LogP contribution in [0.2, 0.25) is 6.32 Å². The molecule has 0 aromatic heterocycles. The molecular weight excluding hydrogens is 273 g/mol. The van der Waals surface area contributed by atoms with E-state index in [1.807, 2.05) is 6.08 Å². The van der Waals surface area contributed by atoms with Crippen molar-refractivity contribution in [3.8, 4) is 0 Å². The van der Waals surface area contributed by atoms with Gasteiger partial charge in [-0.15, -0.1) is 0 Å². The number of carbonyl (C=O) groups excluding carboxylic acids is 1. The van der Waals surface area contributed by atoms with Gasteiger partial charge in [-0.3, -0.25) is 4.79 Å². The standard InChI is InChI=1S/C18H28BNO2/c19-15-13-11-9-7-5-3-1-2-4-6-8-10-12-14-18(22)20-16-17-21/h1-2,5-8,11,13,21H,3-4,9-10,12,14-17H2,(H,20,22)/b2-1-,7-5-,8-6+,13-11+. The molecule has 2 radical (unpaired) electrons. The van der Waals surface area contributed by atoms with E-state index in [1.165, 1.54) is 0 Å². The van der Waals surface area contributed by atoms with Gasteiger partial charge in [0.15, 0.2) is 0 Å². The molecule has 0 saturated heterocycles. The van der Waals surface area contributed by atoms with Crippen molar-refractivity contribution in [2.24, 2.45) is 0 Å². The van der Waals surface area contributed by atoms with E-state index in [4.69, 9.17) is 13.0 Å². The SMILES string of the molecule is [B]C/C=C/C/C=C\C/C=C\C/C=C/CCCC(=O)NCCO. The summed E-state index contributed by atoms with van der Waals surface area (Å²) in [5, 5.41) is 11.2. The molecular formula is C18H28BNO2. The van der Waals surface area contributed by atoms with Gasteiger partial charge in [-0.05, 0) is 32.1 Å². The lowest BCUT2D eigenvalue weighted by Crippen LogP contribution is -2.25. The van der Waals surface area contributed by atoms with Gasteiger partial charge in [0.05, 0.1) is 14.5 Å². The smallest absolute Gasteiger partial charge is 0.220 e. The number of aliphatic hydroxyl groups is 1. The maximum Gasteiger partial charge on any atom is 0.220 e. The van der Waals surface area contributed by atoms with E-state index in [0.717, 1.165) is 32.1 Å². The van der Waals surface area contributed by atoms with E-state index in [0.29, 0.717) is 19.3 Å². The van der Waals surface area contributed by atoms with Crippen molar-refractivity contribution in [3.63, 3.8) is 0 Å². The lowest BCUT2D eigenvalue weighted by atomic mass is 10.1. The first-order valence-corrected chi connectivity index (χ1v) is 7.99. The van der Waals surface area contributed by atoms with Crippen LogP contribution in [0, 0.1) is 0 Å². The Hall–Kier alpha value is -1.55. The van der Waals surface area contributed by atoms with Crippen LogP contribution >= 0.6 is 0 Å². The van der Waals surface area contributed by atoms with Crippen molar-refractivity contribution in [2.75, 3.05) is 13.2 Å². The minimum absolute atomic E-state index is 0.00241. The predicted molar refractivity (Wildman–Crippen MR) is 94.9 cm³/mol. The summed E-state index contributed by atoms with van der Waals surface area (Å²) in [4.78, 5) is 11.2. The fraction of sp³-hybridized carbons (Fsp3) is 0.500. The van der Waals surface area contributed by atoms with Crippen LogP contribution in [0.3, 0.4) is 0 Å². The highest BCUT2D eigenvalue weighted by Gasteiger charge is 1.97. The third-order valence-electron chi connectivity index (χ3n) is 2.83. The molecule has 0 spiro atoms. The molecule has 0 aliphatic heterocycles. The zero-order valence-corrected chi connectivity index (χ0v) is 13.4. The number of aliphatic hydroxyl groups excluding tert-OH is 1. The van der Waals surface area contributed by atoms with Crippen LogP contribution in [0.5, 0.6) is 0 Å². The molecule has 0 aromatic carbocycles. The lowest BCUT2D eigenvalue weighted by molar-refractivity contribution is -0.121. The monoisotopic (exact) mass is 301 g/mol. The number of allylic oxidation sites excluding steroid dienone is 8. The highest BCUT2D eigenvalue weighted by Crippen LogP contribution is 1.99. The van der Waals surface area contributed by atoms with E-state index in [2.05, 4.69) is 47.8 Å². The zero-order valence-electron chi connectivity index (χ0n) is 13.4. The van der Waals surface area contributed by atoms with Crippen LogP contribution in [0.15, 0.2) is 48.6 Å². The number of unbranched alkanes of at least 4 members (excludes halogenated alkanes) is 1. The van der Waals surface area contributed by atoms with Crippen molar-refractivity contribution in [3.05, 3.63) is 48.6 Å². The maximum atomic E-state index is 11.2. The van der Waals surface area contributed by atoms with Crippen molar-refractivity contribution in [1.29, 1.82) is 0 Å². The summed E-state index contributed by atoms with van der Waals surface area (Å²) in [6, 6.07) is 0. The van der Waals surface area contributed by atoms with E-state index < -0.39 is 0 Å². The second-order valence-electron chi connectivity index (χ2n) is 4.79. The topological polar surface area (TPSA) is 49.3 Å². The van der Waals surface area contributed by atoms with E-state index in [1.54, 1.807) is 0 Å². The van der Waals surface area contributed by atoms with Gasteiger partial charge in [0.25, 0.3) is 0 Å². The Bertz CT molecular complexity index is 373. The number of rotatable bonds is 13. The first-order valence-electron chi connectivity index (χ1n) is 7.99. The second kappa shape index (κ2) is 17.5. The number of nitrogens with one attached hydrogen (secondary N) is 1. The van der Waals surface area contributed by atoms with Crippen LogP contribution in [0.25, 0.3) is 0 Å². The molecule has 3 nitrogen and oxygen atoms in total. The largest absolute Gasteiger partial charge is 0.395 e. The van der Waals surface area contributed by atoms with Crippen molar-refractivity contribution >= 4 is 13.8 Å². The third kappa shape index (κ3) is 16.5. The summed E-state index contributed by atoms with van der Waals surface area (Å²) in [6.45, 7) is 0.342. The van der Waals surface area contributed by atoms with Gasteiger partial charge in [0, 0.05) is 13.0 Å². The number of hydrogen-bond donors (Lipinski definition) is 2. The Kier molecular flexibility index (Phi) is 16.3. The first-order chi connectivity index (χ1) is 10.8. The summed E-state index contributed by atoms with van der Waals surface area (Å²) < 4.78 is 0. The zero-order chi connectivity index (χ0) is 16.3. The fourth-order valence-electron chi connectivity index (χ4n) is 1.69.